The zero-order valence-electron chi connectivity index (χ0n) is 13.0. The van der Waals surface area contributed by atoms with E-state index in [0.29, 0.717) is 23.2 Å². The SMILES string of the molecule is CCNc1cc(S(=O)(=O)N(C)C2CCCC(C)C2)ccn1. The molecule has 1 heterocycles. The molecule has 1 aromatic rings. The van der Waals surface area contributed by atoms with Gasteiger partial charge in [0.15, 0.2) is 0 Å². The summed E-state index contributed by atoms with van der Waals surface area (Å²) in [5.41, 5.74) is 0. The average molecular weight is 311 g/mol. The van der Waals surface area contributed by atoms with Crippen LogP contribution in [-0.4, -0.2) is 37.3 Å². The van der Waals surface area contributed by atoms with Gasteiger partial charge in [0.2, 0.25) is 10.0 Å². The van der Waals surface area contributed by atoms with Gasteiger partial charge in [-0.15, -0.1) is 0 Å². The summed E-state index contributed by atoms with van der Waals surface area (Å²) in [6, 6.07) is 3.29. The Bertz CT molecular complexity index is 574. The van der Waals surface area contributed by atoms with E-state index in [-0.39, 0.29) is 6.04 Å². The smallest absolute Gasteiger partial charge is 0.243 e. The highest BCUT2D eigenvalue weighted by Gasteiger charge is 2.31. The Kier molecular flexibility index (Phi) is 5.22. The largest absolute Gasteiger partial charge is 0.370 e. The van der Waals surface area contributed by atoms with Crippen LogP contribution < -0.4 is 5.32 Å². The Morgan fingerprint density at radius 1 is 1.43 bits per heavy atom. The topological polar surface area (TPSA) is 62.3 Å². The van der Waals surface area contributed by atoms with Crippen LogP contribution in [0.3, 0.4) is 0 Å². The van der Waals surface area contributed by atoms with Crippen molar-refractivity contribution in [3.8, 4) is 0 Å². The molecule has 1 aromatic heterocycles. The van der Waals surface area contributed by atoms with Gasteiger partial charge in [-0.2, -0.15) is 4.31 Å². The van der Waals surface area contributed by atoms with Crippen molar-refractivity contribution in [3.05, 3.63) is 18.3 Å². The highest BCUT2D eigenvalue weighted by molar-refractivity contribution is 7.89. The van der Waals surface area contributed by atoms with Gasteiger partial charge < -0.3 is 5.32 Å². The molecule has 0 bridgehead atoms. The second-order valence-electron chi connectivity index (χ2n) is 5.85. The van der Waals surface area contributed by atoms with Crippen molar-refractivity contribution in [1.29, 1.82) is 0 Å². The molecule has 2 atom stereocenters. The molecule has 1 saturated carbocycles. The van der Waals surface area contributed by atoms with E-state index in [4.69, 9.17) is 0 Å². The second kappa shape index (κ2) is 6.75. The van der Waals surface area contributed by atoms with E-state index < -0.39 is 10.0 Å². The van der Waals surface area contributed by atoms with E-state index in [0.717, 1.165) is 19.3 Å². The average Bonchev–Trinajstić information content (AvgIpc) is 2.47. The summed E-state index contributed by atoms with van der Waals surface area (Å²) in [6.07, 6.45) is 5.74. The van der Waals surface area contributed by atoms with Crippen LogP contribution in [0, 0.1) is 5.92 Å². The number of anilines is 1. The quantitative estimate of drug-likeness (QED) is 0.908. The van der Waals surface area contributed by atoms with Crippen molar-refractivity contribution < 1.29 is 8.42 Å². The fourth-order valence-corrected chi connectivity index (χ4v) is 4.35. The number of nitrogens with one attached hydrogen (secondary N) is 1. The maximum atomic E-state index is 12.8. The molecule has 1 fully saturated rings. The zero-order chi connectivity index (χ0) is 15.5. The lowest BCUT2D eigenvalue weighted by atomic mass is 9.87. The van der Waals surface area contributed by atoms with Crippen LogP contribution >= 0.6 is 0 Å². The zero-order valence-corrected chi connectivity index (χ0v) is 13.9. The van der Waals surface area contributed by atoms with E-state index in [1.54, 1.807) is 29.7 Å². The van der Waals surface area contributed by atoms with Gasteiger partial charge in [0.25, 0.3) is 0 Å². The van der Waals surface area contributed by atoms with Crippen LogP contribution in [0.5, 0.6) is 0 Å². The van der Waals surface area contributed by atoms with Crippen molar-refractivity contribution in [3.63, 3.8) is 0 Å². The fourth-order valence-electron chi connectivity index (χ4n) is 2.94. The van der Waals surface area contributed by atoms with Gasteiger partial charge in [-0.05, 0) is 31.7 Å². The molecule has 6 heteroatoms. The number of hydrogen-bond donors (Lipinski definition) is 1. The summed E-state index contributed by atoms with van der Waals surface area (Å²) >= 11 is 0. The molecule has 118 valence electrons. The normalized spacial score (nSPS) is 23.2. The summed E-state index contributed by atoms with van der Waals surface area (Å²) in [5, 5.41) is 3.05. The van der Waals surface area contributed by atoms with Gasteiger partial charge >= 0.3 is 0 Å². The maximum absolute atomic E-state index is 12.8. The van der Waals surface area contributed by atoms with Crippen LogP contribution in [0.25, 0.3) is 0 Å². The molecule has 0 amide bonds. The molecule has 1 aliphatic rings. The van der Waals surface area contributed by atoms with E-state index in [9.17, 15) is 8.42 Å². The van der Waals surface area contributed by atoms with Crippen molar-refractivity contribution >= 4 is 15.8 Å². The lowest BCUT2D eigenvalue weighted by molar-refractivity contribution is 0.239. The van der Waals surface area contributed by atoms with Gasteiger partial charge in [0.05, 0.1) is 4.90 Å². The minimum atomic E-state index is -3.45. The summed E-state index contributed by atoms with van der Waals surface area (Å²) in [6.45, 7) is 4.87. The first-order valence-corrected chi connectivity index (χ1v) is 9.07. The lowest BCUT2D eigenvalue weighted by Gasteiger charge is -2.33. The monoisotopic (exact) mass is 311 g/mol. The van der Waals surface area contributed by atoms with Gasteiger partial charge in [-0.25, -0.2) is 13.4 Å². The standard InChI is InChI=1S/C15H25N3O2S/c1-4-16-15-11-14(8-9-17-15)21(19,20)18(3)13-7-5-6-12(2)10-13/h8-9,11-13H,4-7,10H2,1-3H3,(H,16,17). The van der Waals surface area contributed by atoms with Crippen LogP contribution in [-0.2, 0) is 10.0 Å². The summed E-state index contributed by atoms with van der Waals surface area (Å²) in [4.78, 5) is 4.45. The Morgan fingerprint density at radius 2 is 2.19 bits per heavy atom. The Labute approximate surface area is 127 Å². The van der Waals surface area contributed by atoms with Gasteiger partial charge in [-0.1, -0.05) is 19.8 Å². The number of hydrogen-bond acceptors (Lipinski definition) is 4. The molecule has 2 unspecified atom stereocenters. The lowest BCUT2D eigenvalue weighted by Crippen LogP contribution is -2.39. The first-order valence-electron chi connectivity index (χ1n) is 7.63. The number of sulfonamides is 1. The van der Waals surface area contributed by atoms with E-state index in [1.807, 2.05) is 6.92 Å². The summed E-state index contributed by atoms with van der Waals surface area (Å²) < 4.78 is 27.1. The molecule has 0 saturated heterocycles. The van der Waals surface area contributed by atoms with E-state index >= 15 is 0 Å². The molecule has 5 nitrogen and oxygen atoms in total. The third-order valence-corrected chi connectivity index (χ3v) is 6.10. The predicted octanol–water partition coefficient (Wildman–Crippen LogP) is 2.71. The van der Waals surface area contributed by atoms with Crippen molar-refractivity contribution in [1.82, 2.24) is 9.29 Å². The second-order valence-corrected chi connectivity index (χ2v) is 7.85. The first kappa shape index (κ1) is 16.2. The molecule has 21 heavy (non-hydrogen) atoms. The van der Waals surface area contributed by atoms with Gasteiger partial charge in [-0.3, -0.25) is 0 Å². The van der Waals surface area contributed by atoms with Crippen LogP contribution in [0.4, 0.5) is 5.82 Å². The summed E-state index contributed by atoms with van der Waals surface area (Å²) in [5.74, 6) is 1.19. The van der Waals surface area contributed by atoms with E-state index in [1.165, 1.54) is 6.42 Å². The molecule has 1 aliphatic carbocycles. The van der Waals surface area contributed by atoms with Crippen LogP contribution in [0.15, 0.2) is 23.2 Å². The van der Waals surface area contributed by atoms with Crippen molar-refractivity contribution in [2.45, 2.75) is 50.5 Å². The Morgan fingerprint density at radius 3 is 2.86 bits per heavy atom. The molecule has 2 rings (SSSR count). The van der Waals surface area contributed by atoms with E-state index in [2.05, 4.69) is 17.2 Å². The molecule has 0 aromatic carbocycles. The molecule has 0 aliphatic heterocycles. The Hall–Kier alpha value is -1.14. The minimum absolute atomic E-state index is 0.106. The highest BCUT2D eigenvalue weighted by Crippen LogP contribution is 2.30. The maximum Gasteiger partial charge on any atom is 0.243 e. The molecular weight excluding hydrogens is 286 g/mol. The van der Waals surface area contributed by atoms with Crippen LogP contribution in [0.1, 0.15) is 39.5 Å². The molecular formula is C15H25N3O2S. The number of nitrogens with zero attached hydrogens (tertiary/aromatic N) is 2. The predicted molar refractivity (Wildman–Crippen MR) is 84.8 cm³/mol. The summed E-state index contributed by atoms with van der Waals surface area (Å²) in [7, 11) is -1.75. The molecule has 0 radical (unpaired) electrons. The Balaban J connectivity index is 2.22. The van der Waals surface area contributed by atoms with Crippen LogP contribution in [0.2, 0.25) is 0 Å². The third-order valence-electron chi connectivity index (χ3n) is 4.19. The first-order chi connectivity index (χ1) is 9.95. The number of pyridine rings is 1. The minimum Gasteiger partial charge on any atom is -0.370 e. The fraction of sp³-hybridized carbons (Fsp3) is 0.667. The highest BCUT2D eigenvalue weighted by atomic mass is 32.2. The molecule has 0 spiro atoms. The number of aromatic nitrogens is 1. The van der Waals surface area contributed by atoms with Gasteiger partial charge in [0.1, 0.15) is 5.82 Å². The number of rotatable bonds is 5. The van der Waals surface area contributed by atoms with Crippen molar-refractivity contribution in [2.24, 2.45) is 5.92 Å². The van der Waals surface area contributed by atoms with Gasteiger partial charge in [0, 0.05) is 31.9 Å². The molecule has 1 N–H and O–H groups in total. The third kappa shape index (κ3) is 3.74. The van der Waals surface area contributed by atoms with Crippen molar-refractivity contribution in [2.75, 3.05) is 18.9 Å².